The molecule has 0 aliphatic carbocycles. The lowest BCUT2D eigenvalue weighted by atomic mass is 10.0. The highest BCUT2D eigenvalue weighted by Gasteiger charge is 2.18. The van der Waals surface area contributed by atoms with Crippen LogP contribution in [-0.4, -0.2) is 19.5 Å². The van der Waals surface area contributed by atoms with Crippen molar-refractivity contribution in [1.29, 1.82) is 0 Å². The van der Waals surface area contributed by atoms with Crippen LogP contribution in [0, 0.1) is 0 Å². The van der Waals surface area contributed by atoms with Gasteiger partial charge in [0.05, 0.1) is 11.0 Å². The number of rotatable bonds is 6. The molecule has 0 saturated carbocycles. The maximum absolute atomic E-state index is 6.46. The molecule has 0 N–H and O–H groups in total. The topological polar surface area (TPSA) is 56.7 Å². The van der Waals surface area contributed by atoms with Crippen LogP contribution in [0.15, 0.2) is 199 Å². The van der Waals surface area contributed by atoms with Crippen LogP contribution >= 0.6 is 0 Å². The van der Waals surface area contributed by atoms with E-state index >= 15 is 0 Å². The summed E-state index contributed by atoms with van der Waals surface area (Å²) in [5.74, 6) is 1.88. The van der Waals surface area contributed by atoms with Gasteiger partial charge in [-0.3, -0.25) is 0 Å². The van der Waals surface area contributed by atoms with Crippen LogP contribution < -0.4 is 0 Å². The van der Waals surface area contributed by atoms with Crippen molar-refractivity contribution in [2.75, 3.05) is 0 Å². The molecule has 56 heavy (non-hydrogen) atoms. The zero-order chi connectivity index (χ0) is 37.0. The first kappa shape index (κ1) is 31.9. The first-order valence-electron chi connectivity index (χ1n) is 18.8. The van der Waals surface area contributed by atoms with E-state index in [4.69, 9.17) is 19.4 Å². The molecule has 5 nitrogen and oxygen atoms in total. The highest BCUT2D eigenvalue weighted by Crippen LogP contribution is 2.39. The van der Waals surface area contributed by atoms with Crippen LogP contribution in [0.2, 0.25) is 0 Å². The Hall–Kier alpha value is -7.63. The minimum Gasteiger partial charge on any atom is -0.455 e. The second-order valence-electron chi connectivity index (χ2n) is 14.0. The van der Waals surface area contributed by atoms with E-state index in [0.717, 1.165) is 77.6 Å². The van der Waals surface area contributed by atoms with Crippen molar-refractivity contribution in [2.45, 2.75) is 0 Å². The first-order valence-corrected chi connectivity index (χ1v) is 18.8. The number of hydrogen-bond acceptors (Lipinski definition) is 4. The maximum Gasteiger partial charge on any atom is 0.164 e. The van der Waals surface area contributed by atoms with Crippen molar-refractivity contribution in [2.24, 2.45) is 0 Å². The van der Waals surface area contributed by atoms with Crippen LogP contribution in [0.1, 0.15) is 0 Å². The molecule has 0 bridgehead atoms. The lowest BCUT2D eigenvalue weighted by Gasteiger charge is -2.12. The second kappa shape index (κ2) is 13.0. The Morgan fingerprint density at radius 2 is 0.893 bits per heavy atom. The van der Waals surface area contributed by atoms with Gasteiger partial charge in [-0.2, -0.15) is 0 Å². The Balaban J connectivity index is 1.04. The van der Waals surface area contributed by atoms with E-state index in [-0.39, 0.29) is 0 Å². The fourth-order valence-corrected chi connectivity index (χ4v) is 7.97. The molecule has 0 atom stereocenters. The fourth-order valence-electron chi connectivity index (χ4n) is 7.97. The van der Waals surface area contributed by atoms with E-state index in [1.54, 1.807) is 0 Å². The van der Waals surface area contributed by atoms with Crippen LogP contribution in [-0.2, 0) is 0 Å². The SMILES string of the molecule is c1ccc(-c2cccc(-c3nc(-c4ccccc4)nc(-c4ccc(-n5c6ccccc6c6ccc(-c7cccc8c7oc7ccccc78)cc65)cc4)n3)c2)cc1. The van der Waals surface area contributed by atoms with Crippen molar-refractivity contribution >= 4 is 43.7 Å². The summed E-state index contributed by atoms with van der Waals surface area (Å²) in [6.45, 7) is 0. The Morgan fingerprint density at radius 3 is 1.68 bits per heavy atom. The monoisotopic (exact) mass is 716 g/mol. The van der Waals surface area contributed by atoms with Gasteiger partial charge in [0.1, 0.15) is 11.2 Å². The lowest BCUT2D eigenvalue weighted by Crippen LogP contribution is -2.00. The van der Waals surface area contributed by atoms with E-state index < -0.39 is 0 Å². The van der Waals surface area contributed by atoms with Gasteiger partial charge in [-0.15, -0.1) is 0 Å². The minimum absolute atomic E-state index is 0.619. The molecule has 8 aromatic carbocycles. The zero-order valence-electron chi connectivity index (χ0n) is 30.2. The largest absolute Gasteiger partial charge is 0.455 e. The molecule has 3 aromatic heterocycles. The maximum atomic E-state index is 6.46. The average molecular weight is 717 g/mol. The molecule has 3 heterocycles. The number of furan rings is 1. The molecule has 5 heteroatoms. The van der Waals surface area contributed by atoms with Crippen molar-refractivity contribution in [3.05, 3.63) is 194 Å². The van der Waals surface area contributed by atoms with E-state index in [1.165, 1.54) is 10.8 Å². The number of benzene rings is 8. The van der Waals surface area contributed by atoms with Gasteiger partial charge in [0, 0.05) is 49.5 Å². The smallest absolute Gasteiger partial charge is 0.164 e. The second-order valence-corrected chi connectivity index (χ2v) is 14.0. The van der Waals surface area contributed by atoms with Crippen LogP contribution in [0.5, 0.6) is 0 Å². The van der Waals surface area contributed by atoms with E-state index in [0.29, 0.717) is 17.5 Å². The third-order valence-electron chi connectivity index (χ3n) is 10.7. The van der Waals surface area contributed by atoms with Crippen molar-refractivity contribution < 1.29 is 4.42 Å². The van der Waals surface area contributed by atoms with Crippen molar-refractivity contribution in [3.8, 4) is 62.1 Å². The molecule has 11 aromatic rings. The highest BCUT2D eigenvalue weighted by molar-refractivity contribution is 6.13. The molecule has 0 aliphatic heterocycles. The summed E-state index contributed by atoms with van der Waals surface area (Å²) in [6, 6.07) is 67.4. The summed E-state index contributed by atoms with van der Waals surface area (Å²) >= 11 is 0. The first-order chi connectivity index (χ1) is 27.7. The molecule has 11 rings (SSSR count). The molecule has 0 spiro atoms. The van der Waals surface area contributed by atoms with Gasteiger partial charge in [0.15, 0.2) is 17.5 Å². The lowest BCUT2D eigenvalue weighted by molar-refractivity contribution is 0.670. The van der Waals surface area contributed by atoms with Crippen LogP contribution in [0.4, 0.5) is 0 Å². The molecule has 0 amide bonds. The summed E-state index contributed by atoms with van der Waals surface area (Å²) < 4.78 is 8.80. The number of para-hydroxylation sites is 3. The Kier molecular flexibility index (Phi) is 7.42. The van der Waals surface area contributed by atoms with Gasteiger partial charge in [0.2, 0.25) is 0 Å². The van der Waals surface area contributed by atoms with Gasteiger partial charge in [0.25, 0.3) is 0 Å². The predicted molar refractivity (Wildman–Crippen MR) is 229 cm³/mol. The van der Waals surface area contributed by atoms with Crippen LogP contribution in [0.3, 0.4) is 0 Å². The Bertz CT molecular complexity index is 3240. The zero-order valence-corrected chi connectivity index (χ0v) is 30.2. The third kappa shape index (κ3) is 5.37. The van der Waals surface area contributed by atoms with E-state index in [2.05, 4.69) is 150 Å². The third-order valence-corrected chi connectivity index (χ3v) is 10.7. The summed E-state index contributed by atoms with van der Waals surface area (Å²) in [4.78, 5) is 15.1. The molecule has 0 radical (unpaired) electrons. The average Bonchev–Trinajstić information content (AvgIpc) is 3.83. The van der Waals surface area contributed by atoms with Crippen molar-refractivity contribution in [1.82, 2.24) is 19.5 Å². The quantitative estimate of drug-likeness (QED) is 0.172. The Morgan fingerprint density at radius 1 is 0.339 bits per heavy atom. The van der Waals surface area contributed by atoms with Gasteiger partial charge < -0.3 is 8.98 Å². The molecule has 0 saturated heterocycles. The molecule has 0 unspecified atom stereocenters. The van der Waals surface area contributed by atoms with E-state index in [9.17, 15) is 0 Å². The van der Waals surface area contributed by atoms with Gasteiger partial charge in [-0.25, -0.2) is 15.0 Å². The standard InChI is InChI=1S/C51H32N4O/c1-3-13-33(14-4-1)36-17-11-18-38(31-36)51-53-49(34-15-5-2-6-16-34)52-50(54-51)35-25-28-39(29-26-35)55-45-23-9-7-19-41(45)42-30-27-37(32-46(42)55)40-21-12-22-44-43-20-8-10-24-47(43)56-48(40)44/h1-32H. The summed E-state index contributed by atoms with van der Waals surface area (Å²) in [5, 5.41) is 4.64. The van der Waals surface area contributed by atoms with Crippen molar-refractivity contribution in [3.63, 3.8) is 0 Å². The summed E-state index contributed by atoms with van der Waals surface area (Å²) in [5.41, 5.74) is 12.3. The highest BCUT2D eigenvalue weighted by atomic mass is 16.3. The van der Waals surface area contributed by atoms with Gasteiger partial charge in [-0.1, -0.05) is 146 Å². The number of hydrogen-bond donors (Lipinski definition) is 0. The Labute approximate surface area is 322 Å². The van der Waals surface area contributed by atoms with Crippen LogP contribution in [0.25, 0.3) is 106 Å². The fraction of sp³-hybridized carbons (Fsp3) is 0. The van der Waals surface area contributed by atoms with Gasteiger partial charge in [-0.05, 0) is 65.2 Å². The number of fused-ring (bicyclic) bond motifs is 6. The molecular weight excluding hydrogens is 685 g/mol. The minimum atomic E-state index is 0.619. The normalized spacial score (nSPS) is 11.6. The summed E-state index contributed by atoms with van der Waals surface area (Å²) in [6.07, 6.45) is 0. The number of aromatic nitrogens is 4. The molecule has 262 valence electrons. The molecule has 0 fully saturated rings. The molecular formula is C51H32N4O. The summed E-state index contributed by atoms with van der Waals surface area (Å²) in [7, 11) is 0. The van der Waals surface area contributed by atoms with E-state index in [1.807, 2.05) is 48.5 Å². The van der Waals surface area contributed by atoms with Gasteiger partial charge >= 0.3 is 0 Å². The molecule has 0 aliphatic rings. The predicted octanol–water partition coefficient (Wildman–Crippen LogP) is 13.2. The number of nitrogens with zero attached hydrogens (tertiary/aromatic N) is 4.